The van der Waals surface area contributed by atoms with E-state index in [1.807, 2.05) is 0 Å². The van der Waals surface area contributed by atoms with Gasteiger partial charge in [0.25, 0.3) is 0 Å². The molecule has 0 spiro atoms. The molecule has 1 heterocycles. The van der Waals surface area contributed by atoms with Gasteiger partial charge in [-0.3, -0.25) is 0 Å². The Morgan fingerprint density at radius 1 is 1.64 bits per heavy atom. The molecule has 0 aromatic rings. The first-order valence-corrected chi connectivity index (χ1v) is 5.70. The third-order valence-corrected chi connectivity index (χ3v) is 3.84. The molecule has 1 aliphatic heterocycles. The number of aliphatic hydroxyl groups is 1. The Hall–Kier alpha value is -0.0900. The van der Waals surface area contributed by atoms with E-state index < -0.39 is 9.84 Å². The normalized spacial score (nSPS) is 32.0. The number of hydrogen-bond acceptors (Lipinski definition) is 3. The molecule has 1 N–H and O–H groups in total. The molecule has 1 aliphatic rings. The van der Waals surface area contributed by atoms with E-state index in [2.05, 4.69) is 0 Å². The molecule has 0 bridgehead atoms. The lowest BCUT2D eigenvalue weighted by atomic mass is 10.0. The van der Waals surface area contributed by atoms with Gasteiger partial charge in [0.1, 0.15) is 0 Å². The molecule has 0 amide bonds. The van der Waals surface area contributed by atoms with Crippen LogP contribution in [0.3, 0.4) is 0 Å². The van der Waals surface area contributed by atoms with Crippen LogP contribution in [0, 0.1) is 5.92 Å². The maximum Gasteiger partial charge on any atom is 0.150 e. The van der Waals surface area contributed by atoms with Gasteiger partial charge in [-0.05, 0) is 25.7 Å². The smallest absolute Gasteiger partial charge is 0.150 e. The molecular weight excluding hydrogens is 164 g/mol. The first-order valence-electron chi connectivity index (χ1n) is 3.88. The molecule has 0 aromatic heterocycles. The first-order chi connectivity index (χ1) is 4.99. The van der Waals surface area contributed by atoms with E-state index in [0.717, 1.165) is 6.42 Å². The monoisotopic (exact) mass is 178 g/mol. The van der Waals surface area contributed by atoms with Gasteiger partial charge in [0.2, 0.25) is 0 Å². The fourth-order valence-corrected chi connectivity index (χ4v) is 3.42. The van der Waals surface area contributed by atoms with E-state index in [-0.39, 0.29) is 17.8 Å². The molecule has 0 aliphatic carbocycles. The molecule has 11 heavy (non-hydrogen) atoms. The van der Waals surface area contributed by atoms with E-state index in [0.29, 0.717) is 12.2 Å². The van der Waals surface area contributed by atoms with Gasteiger partial charge >= 0.3 is 0 Å². The number of hydrogen-bond donors (Lipinski definition) is 1. The number of rotatable bonds is 2. The minimum absolute atomic E-state index is 0.194. The second-order valence-electron chi connectivity index (χ2n) is 3.35. The summed E-state index contributed by atoms with van der Waals surface area (Å²) in [5.74, 6) is 0.780. The van der Waals surface area contributed by atoms with Crippen LogP contribution in [0.1, 0.15) is 19.8 Å². The molecule has 1 fully saturated rings. The highest BCUT2D eigenvalue weighted by atomic mass is 32.2. The van der Waals surface area contributed by atoms with Gasteiger partial charge in [-0.2, -0.15) is 0 Å². The van der Waals surface area contributed by atoms with Gasteiger partial charge in [0.15, 0.2) is 9.84 Å². The summed E-state index contributed by atoms with van der Waals surface area (Å²) in [6, 6.07) is 0. The third kappa shape index (κ3) is 2.79. The molecule has 0 saturated carbocycles. The summed E-state index contributed by atoms with van der Waals surface area (Å²) in [6.45, 7) is 1.70. The topological polar surface area (TPSA) is 54.4 Å². The molecule has 66 valence electrons. The van der Waals surface area contributed by atoms with E-state index in [1.54, 1.807) is 6.92 Å². The van der Waals surface area contributed by atoms with Crippen LogP contribution < -0.4 is 0 Å². The minimum Gasteiger partial charge on any atom is -0.393 e. The van der Waals surface area contributed by atoms with E-state index in [9.17, 15) is 8.42 Å². The second kappa shape index (κ2) is 3.11. The Morgan fingerprint density at radius 2 is 2.27 bits per heavy atom. The maximum atomic E-state index is 10.9. The predicted octanol–water partition coefficient (Wildman–Crippen LogP) is 0.192. The van der Waals surface area contributed by atoms with Gasteiger partial charge in [-0.25, -0.2) is 8.42 Å². The van der Waals surface area contributed by atoms with Crippen molar-refractivity contribution in [2.24, 2.45) is 5.92 Å². The summed E-state index contributed by atoms with van der Waals surface area (Å²) in [7, 11) is -2.75. The predicted molar refractivity (Wildman–Crippen MR) is 43.1 cm³/mol. The van der Waals surface area contributed by atoms with Crippen molar-refractivity contribution in [3.05, 3.63) is 0 Å². The molecule has 1 rings (SSSR count). The molecule has 2 unspecified atom stereocenters. The van der Waals surface area contributed by atoms with Gasteiger partial charge < -0.3 is 5.11 Å². The lowest BCUT2D eigenvalue weighted by Gasteiger charge is -2.08. The van der Waals surface area contributed by atoms with Gasteiger partial charge in [0.05, 0.1) is 17.6 Å². The van der Waals surface area contributed by atoms with Crippen molar-refractivity contribution in [3.63, 3.8) is 0 Å². The zero-order chi connectivity index (χ0) is 8.48. The Morgan fingerprint density at radius 3 is 2.64 bits per heavy atom. The van der Waals surface area contributed by atoms with Crippen LogP contribution >= 0.6 is 0 Å². The van der Waals surface area contributed by atoms with Gasteiger partial charge in [-0.1, -0.05) is 0 Å². The highest BCUT2D eigenvalue weighted by Crippen LogP contribution is 2.22. The minimum atomic E-state index is -2.75. The Labute approximate surface area is 67.3 Å². The van der Waals surface area contributed by atoms with Crippen LogP contribution in [-0.2, 0) is 9.84 Å². The number of aliphatic hydroxyl groups excluding tert-OH is 1. The van der Waals surface area contributed by atoms with Crippen molar-refractivity contribution in [1.29, 1.82) is 0 Å². The highest BCUT2D eigenvalue weighted by Gasteiger charge is 2.28. The Kier molecular flexibility index (Phi) is 2.54. The third-order valence-electron chi connectivity index (χ3n) is 2.00. The van der Waals surface area contributed by atoms with Crippen LogP contribution in [0.25, 0.3) is 0 Å². The molecule has 0 aromatic carbocycles. The van der Waals surface area contributed by atoms with Crippen molar-refractivity contribution < 1.29 is 13.5 Å². The lowest BCUT2D eigenvalue weighted by Crippen LogP contribution is -2.11. The molecule has 1 saturated heterocycles. The summed E-state index contributed by atoms with van der Waals surface area (Å²) in [6.07, 6.45) is 0.986. The molecular formula is C7H14O3S. The summed E-state index contributed by atoms with van der Waals surface area (Å²) < 4.78 is 21.9. The summed E-state index contributed by atoms with van der Waals surface area (Å²) in [5, 5.41) is 8.99. The van der Waals surface area contributed by atoms with Crippen LogP contribution in [0.4, 0.5) is 0 Å². The van der Waals surface area contributed by atoms with Crippen molar-refractivity contribution in [2.75, 3.05) is 11.5 Å². The Bertz CT molecular complexity index is 218. The van der Waals surface area contributed by atoms with Crippen molar-refractivity contribution in [3.8, 4) is 0 Å². The summed E-state index contributed by atoms with van der Waals surface area (Å²) in [4.78, 5) is 0. The quantitative estimate of drug-likeness (QED) is 0.657. The SMILES string of the molecule is CC(O)CC1CCS(=O)(=O)C1. The summed E-state index contributed by atoms with van der Waals surface area (Å²) in [5.41, 5.74) is 0. The van der Waals surface area contributed by atoms with E-state index in [1.165, 1.54) is 0 Å². The number of sulfone groups is 1. The van der Waals surface area contributed by atoms with E-state index in [4.69, 9.17) is 5.11 Å². The maximum absolute atomic E-state index is 10.9. The van der Waals surface area contributed by atoms with Crippen molar-refractivity contribution in [2.45, 2.75) is 25.9 Å². The lowest BCUT2D eigenvalue weighted by molar-refractivity contribution is 0.165. The van der Waals surface area contributed by atoms with Crippen LogP contribution in [0.5, 0.6) is 0 Å². The molecule has 0 radical (unpaired) electrons. The van der Waals surface area contributed by atoms with E-state index >= 15 is 0 Å². The van der Waals surface area contributed by atoms with Crippen molar-refractivity contribution >= 4 is 9.84 Å². The van der Waals surface area contributed by atoms with Gasteiger partial charge in [0, 0.05) is 0 Å². The van der Waals surface area contributed by atoms with Crippen molar-refractivity contribution in [1.82, 2.24) is 0 Å². The average Bonchev–Trinajstić information content (AvgIpc) is 2.08. The zero-order valence-corrected chi connectivity index (χ0v) is 7.47. The average molecular weight is 178 g/mol. The van der Waals surface area contributed by atoms with Gasteiger partial charge in [-0.15, -0.1) is 0 Å². The Balaban J connectivity index is 2.43. The molecule has 4 heteroatoms. The summed E-state index contributed by atoms with van der Waals surface area (Å²) >= 11 is 0. The van der Waals surface area contributed by atoms with Crippen LogP contribution in [-0.4, -0.2) is 31.1 Å². The first kappa shape index (κ1) is 9.00. The zero-order valence-electron chi connectivity index (χ0n) is 6.66. The molecule has 3 nitrogen and oxygen atoms in total. The second-order valence-corrected chi connectivity index (χ2v) is 5.58. The fourth-order valence-electron chi connectivity index (χ4n) is 1.54. The fraction of sp³-hybridized carbons (Fsp3) is 1.00. The highest BCUT2D eigenvalue weighted by molar-refractivity contribution is 7.91. The van der Waals surface area contributed by atoms with Crippen LogP contribution in [0.2, 0.25) is 0 Å². The van der Waals surface area contributed by atoms with Crippen LogP contribution in [0.15, 0.2) is 0 Å². The molecule has 2 atom stereocenters. The standard InChI is InChI=1S/C7H14O3S/c1-6(8)4-7-2-3-11(9,10)5-7/h6-8H,2-5H2,1H3. The largest absolute Gasteiger partial charge is 0.393 e.